The predicted octanol–water partition coefficient (Wildman–Crippen LogP) is 0.224. The van der Waals surface area contributed by atoms with Crippen molar-refractivity contribution in [3.63, 3.8) is 0 Å². The summed E-state index contributed by atoms with van der Waals surface area (Å²) in [5.74, 6) is -0.972. The molecule has 96 valence electrons. The highest BCUT2D eigenvalue weighted by Crippen LogP contribution is 2.18. The van der Waals surface area contributed by atoms with E-state index in [9.17, 15) is 4.79 Å². The van der Waals surface area contributed by atoms with Crippen LogP contribution in [0.25, 0.3) is 10.9 Å². The molecule has 1 atom stereocenters. The summed E-state index contributed by atoms with van der Waals surface area (Å²) in [6.07, 6.45) is 2.41. The lowest BCUT2D eigenvalue weighted by atomic mass is 10.1. The van der Waals surface area contributed by atoms with E-state index in [1.165, 1.54) is 0 Å². The molecule has 0 saturated carbocycles. The molecule has 2 aromatic rings. The van der Waals surface area contributed by atoms with Gasteiger partial charge < -0.3 is 21.6 Å². The highest BCUT2D eigenvalue weighted by atomic mass is 16.4. The van der Waals surface area contributed by atoms with Crippen LogP contribution in [0.2, 0.25) is 0 Å². The second-order valence-electron chi connectivity index (χ2n) is 3.64. The number of hydrogen-bond acceptors (Lipinski definition) is 3. The Morgan fingerprint density at radius 3 is 2.67 bits per heavy atom. The number of primary amides is 1. The largest absolute Gasteiger partial charge is 0.480 e. The topological polar surface area (TPSA) is 122 Å². The van der Waals surface area contributed by atoms with Gasteiger partial charge >= 0.3 is 5.97 Å². The van der Waals surface area contributed by atoms with Crippen molar-refractivity contribution in [3.05, 3.63) is 36.0 Å². The number of nitrogens with two attached hydrogens (primary N) is 2. The van der Waals surface area contributed by atoms with E-state index in [2.05, 4.69) is 10.7 Å². The lowest BCUT2D eigenvalue weighted by Crippen LogP contribution is -2.32. The summed E-state index contributed by atoms with van der Waals surface area (Å²) in [6.45, 7) is 0. The van der Waals surface area contributed by atoms with Gasteiger partial charge in [-0.15, -0.1) is 0 Å². The lowest BCUT2D eigenvalue weighted by Gasteiger charge is -2.04. The van der Waals surface area contributed by atoms with E-state index in [1.807, 2.05) is 30.5 Å². The molecule has 2 rings (SSSR count). The average Bonchev–Trinajstić information content (AvgIpc) is 2.74. The van der Waals surface area contributed by atoms with Gasteiger partial charge in [0.05, 0.1) is 0 Å². The number of para-hydroxylation sites is 1. The van der Waals surface area contributed by atoms with Gasteiger partial charge in [0.2, 0.25) is 6.41 Å². The standard InChI is InChI=1S/C11H12N2O2.CH3NO/c12-9(11(14)15)5-7-6-13-10-4-2-1-3-8(7)10;2-1-3/h1-4,6,9,13H,5,12H2,(H,14,15);1H,(H2,2,3)/t9-;/m1./s1. The molecular weight excluding hydrogens is 234 g/mol. The van der Waals surface area contributed by atoms with E-state index in [0.29, 0.717) is 6.42 Å². The zero-order valence-corrected chi connectivity index (χ0v) is 9.67. The Hall–Kier alpha value is -2.34. The van der Waals surface area contributed by atoms with Crippen LogP contribution in [0.15, 0.2) is 30.5 Å². The van der Waals surface area contributed by atoms with E-state index < -0.39 is 12.0 Å². The van der Waals surface area contributed by atoms with Crippen molar-refractivity contribution in [1.82, 2.24) is 4.98 Å². The second-order valence-corrected chi connectivity index (χ2v) is 3.64. The SMILES string of the molecule is NC=O.N[C@H](Cc1c[nH]c2ccccc12)C(=O)O. The molecule has 0 saturated heterocycles. The summed E-state index contributed by atoms with van der Waals surface area (Å²) in [7, 11) is 0. The third-order valence-electron chi connectivity index (χ3n) is 2.43. The molecule has 1 aromatic heterocycles. The van der Waals surface area contributed by atoms with Gasteiger partial charge in [-0.25, -0.2) is 0 Å². The molecule has 0 aliphatic rings. The maximum absolute atomic E-state index is 10.6. The molecule has 6 N–H and O–H groups in total. The summed E-state index contributed by atoms with van der Waals surface area (Å²) in [4.78, 5) is 22.3. The van der Waals surface area contributed by atoms with Crippen molar-refractivity contribution in [1.29, 1.82) is 0 Å². The van der Waals surface area contributed by atoms with Gasteiger partial charge in [-0.3, -0.25) is 9.59 Å². The van der Waals surface area contributed by atoms with Crippen LogP contribution in [0.4, 0.5) is 0 Å². The Bertz CT molecular complexity index is 536. The van der Waals surface area contributed by atoms with Crippen molar-refractivity contribution >= 4 is 23.3 Å². The summed E-state index contributed by atoms with van der Waals surface area (Å²) in [5.41, 5.74) is 11.6. The lowest BCUT2D eigenvalue weighted by molar-refractivity contribution is -0.138. The number of amides is 1. The zero-order chi connectivity index (χ0) is 13.5. The third kappa shape index (κ3) is 3.33. The Morgan fingerprint density at radius 1 is 1.44 bits per heavy atom. The first-order chi connectivity index (χ1) is 8.60. The number of aliphatic carboxylic acids is 1. The van der Waals surface area contributed by atoms with Crippen LogP contribution in [-0.2, 0) is 16.0 Å². The minimum atomic E-state index is -0.972. The smallest absolute Gasteiger partial charge is 0.320 e. The van der Waals surface area contributed by atoms with E-state index in [4.69, 9.17) is 15.6 Å². The monoisotopic (exact) mass is 249 g/mol. The van der Waals surface area contributed by atoms with Crippen molar-refractivity contribution in [2.24, 2.45) is 11.5 Å². The summed E-state index contributed by atoms with van der Waals surface area (Å²) in [6, 6.07) is 6.91. The van der Waals surface area contributed by atoms with Crippen molar-refractivity contribution < 1.29 is 14.7 Å². The fourth-order valence-electron chi connectivity index (χ4n) is 1.62. The molecule has 18 heavy (non-hydrogen) atoms. The number of aromatic amines is 1. The van der Waals surface area contributed by atoms with Gasteiger partial charge in [-0.05, 0) is 11.6 Å². The second kappa shape index (κ2) is 6.41. The van der Waals surface area contributed by atoms with Crippen molar-refractivity contribution in [2.75, 3.05) is 0 Å². The van der Waals surface area contributed by atoms with Crippen LogP contribution in [-0.4, -0.2) is 28.5 Å². The fraction of sp³-hybridized carbons (Fsp3) is 0.167. The molecular formula is C12H15N3O3. The van der Waals surface area contributed by atoms with Crippen LogP contribution in [0, 0.1) is 0 Å². The van der Waals surface area contributed by atoms with Crippen LogP contribution < -0.4 is 11.5 Å². The number of carbonyl (C=O) groups is 2. The maximum Gasteiger partial charge on any atom is 0.320 e. The molecule has 0 spiro atoms. The molecule has 0 radical (unpaired) electrons. The number of fused-ring (bicyclic) bond motifs is 1. The van der Waals surface area contributed by atoms with Gasteiger partial charge in [0.15, 0.2) is 0 Å². The predicted molar refractivity (Wildman–Crippen MR) is 67.9 cm³/mol. The fourth-order valence-corrected chi connectivity index (χ4v) is 1.62. The molecule has 0 aliphatic heterocycles. The molecule has 6 heteroatoms. The number of carbonyl (C=O) groups excluding carboxylic acids is 1. The van der Waals surface area contributed by atoms with E-state index in [-0.39, 0.29) is 6.41 Å². The first-order valence-corrected chi connectivity index (χ1v) is 5.29. The number of hydrogen-bond donors (Lipinski definition) is 4. The van der Waals surface area contributed by atoms with Gasteiger partial charge in [-0.1, -0.05) is 18.2 Å². The molecule has 6 nitrogen and oxygen atoms in total. The molecule has 0 bridgehead atoms. The van der Waals surface area contributed by atoms with Gasteiger partial charge in [-0.2, -0.15) is 0 Å². The number of carboxylic acid groups (broad SMARTS) is 1. The summed E-state index contributed by atoms with van der Waals surface area (Å²) in [5, 5.41) is 9.75. The van der Waals surface area contributed by atoms with Crippen molar-refractivity contribution in [2.45, 2.75) is 12.5 Å². The quantitative estimate of drug-likeness (QED) is 0.581. The van der Waals surface area contributed by atoms with Crippen molar-refractivity contribution in [3.8, 4) is 0 Å². The number of aromatic nitrogens is 1. The number of benzene rings is 1. The molecule has 0 aliphatic carbocycles. The van der Waals surface area contributed by atoms with Gasteiger partial charge in [0.25, 0.3) is 0 Å². The molecule has 0 unspecified atom stereocenters. The third-order valence-corrected chi connectivity index (χ3v) is 2.43. The van der Waals surface area contributed by atoms with E-state index in [1.54, 1.807) is 0 Å². The first kappa shape index (κ1) is 13.7. The number of nitrogens with one attached hydrogen (secondary N) is 1. The first-order valence-electron chi connectivity index (χ1n) is 5.29. The normalized spacial score (nSPS) is 11.4. The summed E-state index contributed by atoms with van der Waals surface area (Å²) < 4.78 is 0. The summed E-state index contributed by atoms with van der Waals surface area (Å²) >= 11 is 0. The number of rotatable bonds is 3. The zero-order valence-electron chi connectivity index (χ0n) is 9.67. The van der Waals surface area contributed by atoms with Crippen LogP contribution in [0.5, 0.6) is 0 Å². The Balaban J connectivity index is 0.000000492. The molecule has 0 fully saturated rings. The molecule has 1 heterocycles. The van der Waals surface area contributed by atoms with E-state index in [0.717, 1.165) is 16.5 Å². The Kier molecular flexibility index (Phi) is 4.89. The average molecular weight is 249 g/mol. The number of carboxylic acids is 1. The van der Waals surface area contributed by atoms with Crippen LogP contribution in [0.3, 0.4) is 0 Å². The highest BCUT2D eigenvalue weighted by molar-refractivity contribution is 5.84. The number of H-pyrrole nitrogens is 1. The minimum absolute atomic E-state index is 0.250. The Morgan fingerprint density at radius 2 is 2.06 bits per heavy atom. The van der Waals surface area contributed by atoms with Gasteiger partial charge in [0.1, 0.15) is 6.04 Å². The molecule has 1 amide bonds. The minimum Gasteiger partial charge on any atom is -0.480 e. The Labute approximate surface area is 104 Å². The molecule has 1 aromatic carbocycles. The van der Waals surface area contributed by atoms with E-state index >= 15 is 0 Å². The maximum atomic E-state index is 10.6. The van der Waals surface area contributed by atoms with Crippen LogP contribution in [0.1, 0.15) is 5.56 Å². The van der Waals surface area contributed by atoms with Gasteiger partial charge in [0, 0.05) is 23.5 Å². The highest BCUT2D eigenvalue weighted by Gasteiger charge is 2.14. The van der Waals surface area contributed by atoms with Crippen LogP contribution >= 0.6 is 0 Å².